The Kier molecular flexibility index (Phi) is 4.66. The molecule has 2 rings (SSSR count). The van der Waals surface area contributed by atoms with Crippen LogP contribution in [0.25, 0.3) is 0 Å². The molecule has 112 valence electrons. The summed E-state index contributed by atoms with van der Waals surface area (Å²) < 4.78 is 19.7. The van der Waals surface area contributed by atoms with Crippen molar-refractivity contribution < 1.29 is 9.13 Å². The molecule has 1 N–H and O–H groups in total. The zero-order valence-electron chi connectivity index (χ0n) is 12.9. The van der Waals surface area contributed by atoms with Crippen LogP contribution >= 0.6 is 0 Å². The van der Waals surface area contributed by atoms with Crippen molar-refractivity contribution in [1.82, 2.24) is 5.32 Å². The third-order valence-corrected chi connectivity index (χ3v) is 3.57. The van der Waals surface area contributed by atoms with E-state index in [1.165, 1.54) is 6.07 Å². The summed E-state index contributed by atoms with van der Waals surface area (Å²) in [5.41, 5.74) is 1.70. The minimum absolute atomic E-state index is 0.0316. The van der Waals surface area contributed by atoms with Gasteiger partial charge >= 0.3 is 0 Å². The highest BCUT2D eigenvalue weighted by Gasteiger charge is 2.23. The number of anilines is 1. The van der Waals surface area contributed by atoms with E-state index in [9.17, 15) is 4.39 Å². The van der Waals surface area contributed by atoms with Crippen molar-refractivity contribution in [2.24, 2.45) is 0 Å². The molecule has 0 aromatic heterocycles. The zero-order valence-corrected chi connectivity index (χ0v) is 12.9. The lowest BCUT2D eigenvalue weighted by molar-refractivity contribution is 0.0988. The Morgan fingerprint density at radius 2 is 2.15 bits per heavy atom. The lowest BCUT2D eigenvalue weighted by Crippen LogP contribution is -2.44. The lowest BCUT2D eigenvalue weighted by atomic mass is 10.1. The Bertz CT molecular complexity index is 456. The molecule has 0 bridgehead atoms. The molecule has 0 spiro atoms. The van der Waals surface area contributed by atoms with E-state index in [2.05, 4.69) is 37.9 Å². The topological polar surface area (TPSA) is 24.5 Å². The standard InChI is InChI=1S/C16H25FN2O/c1-12-11-20-9-8-19(12)15-7-5-6-14(17)13(15)10-18-16(2,3)4/h5-7,12,18H,8-11H2,1-4H3. The number of morpholine rings is 1. The molecular formula is C16H25FN2O. The number of hydrogen-bond acceptors (Lipinski definition) is 3. The second-order valence-electron chi connectivity index (χ2n) is 6.46. The molecular weight excluding hydrogens is 255 g/mol. The summed E-state index contributed by atoms with van der Waals surface area (Å²) >= 11 is 0. The van der Waals surface area contributed by atoms with Crippen LogP contribution in [0.1, 0.15) is 33.3 Å². The van der Waals surface area contributed by atoms with E-state index in [1.54, 1.807) is 6.07 Å². The molecule has 1 saturated heterocycles. The van der Waals surface area contributed by atoms with Gasteiger partial charge in [0, 0.05) is 35.9 Å². The van der Waals surface area contributed by atoms with Crippen LogP contribution in [0, 0.1) is 5.82 Å². The van der Waals surface area contributed by atoms with Gasteiger partial charge in [-0.2, -0.15) is 0 Å². The minimum atomic E-state index is -0.141. The average Bonchev–Trinajstić information content (AvgIpc) is 2.36. The van der Waals surface area contributed by atoms with Crippen molar-refractivity contribution in [2.45, 2.75) is 45.8 Å². The van der Waals surface area contributed by atoms with Crippen molar-refractivity contribution in [3.63, 3.8) is 0 Å². The summed E-state index contributed by atoms with van der Waals surface area (Å²) in [5, 5.41) is 3.38. The maximum absolute atomic E-state index is 14.2. The van der Waals surface area contributed by atoms with Gasteiger partial charge in [-0.1, -0.05) is 6.07 Å². The number of nitrogens with zero attached hydrogens (tertiary/aromatic N) is 1. The molecule has 20 heavy (non-hydrogen) atoms. The molecule has 1 fully saturated rings. The van der Waals surface area contributed by atoms with Crippen LogP contribution < -0.4 is 10.2 Å². The van der Waals surface area contributed by atoms with Gasteiger partial charge in [-0.25, -0.2) is 4.39 Å². The van der Waals surface area contributed by atoms with Crippen LogP contribution in [0.5, 0.6) is 0 Å². The largest absolute Gasteiger partial charge is 0.377 e. The first-order chi connectivity index (χ1) is 9.38. The molecule has 1 aromatic carbocycles. The van der Waals surface area contributed by atoms with Gasteiger partial charge in [-0.15, -0.1) is 0 Å². The molecule has 1 aromatic rings. The predicted octanol–water partition coefficient (Wildman–Crippen LogP) is 2.94. The zero-order chi connectivity index (χ0) is 14.8. The third-order valence-electron chi connectivity index (χ3n) is 3.57. The molecule has 3 nitrogen and oxygen atoms in total. The van der Waals surface area contributed by atoms with Gasteiger partial charge in [0.1, 0.15) is 5.82 Å². The second kappa shape index (κ2) is 6.10. The molecule has 1 atom stereocenters. The molecule has 4 heteroatoms. The lowest BCUT2D eigenvalue weighted by Gasteiger charge is -2.37. The van der Waals surface area contributed by atoms with Crippen molar-refractivity contribution in [3.8, 4) is 0 Å². The van der Waals surface area contributed by atoms with Gasteiger partial charge in [0.25, 0.3) is 0 Å². The van der Waals surface area contributed by atoms with Crippen LogP contribution in [-0.4, -0.2) is 31.3 Å². The van der Waals surface area contributed by atoms with E-state index in [0.717, 1.165) is 17.8 Å². The smallest absolute Gasteiger partial charge is 0.129 e. The van der Waals surface area contributed by atoms with Crippen LogP contribution in [0.3, 0.4) is 0 Å². The number of rotatable bonds is 3. The van der Waals surface area contributed by atoms with Crippen LogP contribution in [0.4, 0.5) is 10.1 Å². The monoisotopic (exact) mass is 280 g/mol. The van der Waals surface area contributed by atoms with Gasteiger partial charge in [0.05, 0.1) is 13.2 Å². The molecule has 1 unspecified atom stereocenters. The average molecular weight is 280 g/mol. The van der Waals surface area contributed by atoms with Crippen LogP contribution in [0.15, 0.2) is 18.2 Å². The Morgan fingerprint density at radius 1 is 1.40 bits per heavy atom. The maximum atomic E-state index is 14.2. The number of halogens is 1. The number of benzene rings is 1. The van der Waals surface area contributed by atoms with Crippen molar-refractivity contribution in [2.75, 3.05) is 24.7 Å². The Hall–Kier alpha value is -1.13. The molecule has 1 heterocycles. The highest BCUT2D eigenvalue weighted by atomic mass is 19.1. The van der Waals surface area contributed by atoms with Gasteiger partial charge in [0.15, 0.2) is 0 Å². The summed E-state index contributed by atoms with van der Waals surface area (Å²) in [4.78, 5) is 2.24. The summed E-state index contributed by atoms with van der Waals surface area (Å²) in [6, 6.07) is 5.60. The highest BCUT2D eigenvalue weighted by Crippen LogP contribution is 2.27. The molecule has 0 radical (unpaired) electrons. The van der Waals surface area contributed by atoms with Gasteiger partial charge in [-0.05, 0) is 39.8 Å². The minimum Gasteiger partial charge on any atom is -0.377 e. The third kappa shape index (κ3) is 3.70. The summed E-state index contributed by atoms with van der Waals surface area (Å²) in [6.07, 6.45) is 0. The molecule has 0 saturated carbocycles. The molecule has 1 aliphatic rings. The molecule has 0 amide bonds. The predicted molar refractivity (Wildman–Crippen MR) is 80.6 cm³/mol. The Labute approximate surface area is 121 Å². The fourth-order valence-corrected chi connectivity index (χ4v) is 2.43. The van der Waals surface area contributed by atoms with Crippen LogP contribution in [0.2, 0.25) is 0 Å². The highest BCUT2D eigenvalue weighted by molar-refractivity contribution is 5.55. The van der Waals surface area contributed by atoms with E-state index in [0.29, 0.717) is 19.8 Å². The number of hydrogen-bond donors (Lipinski definition) is 1. The number of ether oxygens (including phenoxy) is 1. The second-order valence-corrected chi connectivity index (χ2v) is 6.46. The van der Waals surface area contributed by atoms with Crippen molar-refractivity contribution >= 4 is 5.69 Å². The summed E-state index contributed by atoms with van der Waals surface area (Å²) in [6.45, 7) is 11.1. The normalized spacial score (nSPS) is 20.2. The Balaban J connectivity index is 2.25. The van der Waals surface area contributed by atoms with E-state index in [4.69, 9.17) is 4.74 Å². The fourth-order valence-electron chi connectivity index (χ4n) is 2.43. The van der Waals surface area contributed by atoms with E-state index in [1.807, 2.05) is 6.07 Å². The summed E-state index contributed by atoms with van der Waals surface area (Å²) in [7, 11) is 0. The van der Waals surface area contributed by atoms with Gasteiger partial charge < -0.3 is 15.0 Å². The first-order valence-corrected chi connectivity index (χ1v) is 7.25. The van der Waals surface area contributed by atoms with Crippen molar-refractivity contribution in [3.05, 3.63) is 29.6 Å². The first-order valence-electron chi connectivity index (χ1n) is 7.25. The van der Waals surface area contributed by atoms with E-state index < -0.39 is 0 Å². The van der Waals surface area contributed by atoms with Gasteiger partial charge in [-0.3, -0.25) is 0 Å². The molecule has 1 aliphatic heterocycles. The van der Waals surface area contributed by atoms with Crippen LogP contribution in [-0.2, 0) is 11.3 Å². The van der Waals surface area contributed by atoms with Crippen molar-refractivity contribution in [1.29, 1.82) is 0 Å². The van der Waals surface area contributed by atoms with E-state index >= 15 is 0 Å². The molecule has 0 aliphatic carbocycles. The SMILES string of the molecule is CC1COCCN1c1cccc(F)c1CNC(C)(C)C. The van der Waals surface area contributed by atoms with Gasteiger partial charge in [0.2, 0.25) is 0 Å². The quantitative estimate of drug-likeness (QED) is 0.921. The first kappa shape index (κ1) is 15.3. The summed E-state index contributed by atoms with van der Waals surface area (Å²) in [5.74, 6) is -0.141. The maximum Gasteiger partial charge on any atom is 0.129 e. The van der Waals surface area contributed by atoms with E-state index in [-0.39, 0.29) is 17.4 Å². The fraction of sp³-hybridized carbons (Fsp3) is 0.625. The Morgan fingerprint density at radius 3 is 2.80 bits per heavy atom. The number of nitrogens with one attached hydrogen (secondary N) is 1.